The molecule has 9 heteroatoms. The zero-order valence-electron chi connectivity index (χ0n) is 10.2. The Kier molecular flexibility index (Phi) is 4.02. The van der Waals surface area contributed by atoms with E-state index in [1.807, 2.05) is 30.3 Å². The summed E-state index contributed by atoms with van der Waals surface area (Å²) in [6.45, 7) is 0. The molecule has 0 radical (unpaired) electrons. The second-order valence-electron chi connectivity index (χ2n) is 3.66. The Bertz CT molecular complexity index is 648. The molecule has 2 rings (SSSR count). The molecule has 0 aliphatic carbocycles. The van der Waals surface area contributed by atoms with Crippen molar-refractivity contribution in [1.29, 1.82) is 0 Å². The molecule has 102 valence electrons. The normalized spacial score (nSPS) is 11.7. The van der Waals surface area contributed by atoms with Crippen LogP contribution in [0.1, 0.15) is 5.56 Å². The average molecular weight is 273 g/mol. The van der Waals surface area contributed by atoms with Gasteiger partial charge in [-0.1, -0.05) is 30.3 Å². The lowest BCUT2D eigenvalue weighted by Gasteiger charge is -1.98. The molecule has 0 saturated heterocycles. The molecule has 1 aromatic heterocycles. The predicted molar refractivity (Wildman–Crippen MR) is 73.4 cm³/mol. The van der Waals surface area contributed by atoms with Crippen LogP contribution in [0.15, 0.2) is 46.7 Å². The molecular formula is C11H11N7O2. The minimum Gasteiger partial charge on any atom is -0.363 e. The summed E-state index contributed by atoms with van der Waals surface area (Å²) in [7, 11) is 0. The first-order valence-electron chi connectivity index (χ1n) is 5.53. The van der Waals surface area contributed by atoms with Crippen molar-refractivity contribution >= 4 is 12.2 Å². The van der Waals surface area contributed by atoms with Crippen LogP contribution in [0.2, 0.25) is 0 Å². The topological polar surface area (TPSA) is 135 Å². The number of hydrogen-bond acceptors (Lipinski definition) is 4. The number of nitrogens with one attached hydrogen (secondary N) is 2. The molecule has 0 amide bonds. The van der Waals surface area contributed by atoms with E-state index in [0.29, 0.717) is 5.56 Å². The highest BCUT2D eigenvalue weighted by molar-refractivity contribution is 5.89. The Morgan fingerprint density at radius 3 is 2.90 bits per heavy atom. The van der Waals surface area contributed by atoms with Gasteiger partial charge in [0.05, 0.1) is 18.1 Å². The molecule has 0 fully saturated rings. The van der Waals surface area contributed by atoms with Crippen LogP contribution in [-0.4, -0.2) is 27.4 Å². The van der Waals surface area contributed by atoms with Gasteiger partial charge in [0.1, 0.15) is 5.10 Å². The van der Waals surface area contributed by atoms with E-state index in [1.165, 1.54) is 6.21 Å². The maximum Gasteiger partial charge on any atom is 0.286 e. The quantitative estimate of drug-likeness (QED) is 0.323. The van der Waals surface area contributed by atoms with Crippen LogP contribution in [0.25, 0.3) is 11.3 Å². The Hall–Kier alpha value is -3.23. The first-order chi connectivity index (χ1) is 9.66. The monoisotopic (exact) mass is 273 g/mol. The van der Waals surface area contributed by atoms with Crippen LogP contribution >= 0.6 is 0 Å². The van der Waals surface area contributed by atoms with E-state index in [9.17, 15) is 10.1 Å². The van der Waals surface area contributed by atoms with Crippen LogP contribution < -0.4 is 11.2 Å². The number of rotatable bonds is 4. The number of aromatic nitrogens is 2. The van der Waals surface area contributed by atoms with Gasteiger partial charge < -0.3 is 5.73 Å². The van der Waals surface area contributed by atoms with E-state index in [0.717, 1.165) is 11.3 Å². The van der Waals surface area contributed by atoms with Crippen molar-refractivity contribution in [2.75, 3.05) is 0 Å². The Morgan fingerprint density at radius 1 is 1.45 bits per heavy atom. The van der Waals surface area contributed by atoms with Crippen molar-refractivity contribution in [2.45, 2.75) is 0 Å². The van der Waals surface area contributed by atoms with Gasteiger partial charge in [0.2, 0.25) is 0 Å². The van der Waals surface area contributed by atoms with Gasteiger partial charge in [-0.05, 0) is 0 Å². The fraction of sp³-hybridized carbons (Fsp3) is 0. The summed E-state index contributed by atoms with van der Waals surface area (Å²) in [5.41, 5.74) is 9.90. The molecule has 1 aromatic carbocycles. The smallest absolute Gasteiger partial charge is 0.286 e. The summed E-state index contributed by atoms with van der Waals surface area (Å²) >= 11 is 0. The first kappa shape index (κ1) is 13.2. The van der Waals surface area contributed by atoms with Gasteiger partial charge in [-0.15, -0.1) is 0 Å². The molecule has 0 aliphatic rings. The van der Waals surface area contributed by atoms with Crippen LogP contribution in [0, 0.1) is 10.1 Å². The van der Waals surface area contributed by atoms with Crippen molar-refractivity contribution in [1.82, 2.24) is 15.6 Å². The highest BCUT2D eigenvalue weighted by Gasteiger charge is 2.05. The number of guanidine groups is 1. The van der Waals surface area contributed by atoms with E-state index in [4.69, 9.17) is 5.73 Å². The second-order valence-corrected chi connectivity index (χ2v) is 3.66. The van der Waals surface area contributed by atoms with Gasteiger partial charge in [-0.25, -0.2) is 15.5 Å². The Morgan fingerprint density at radius 2 is 2.20 bits per heavy atom. The van der Waals surface area contributed by atoms with Gasteiger partial charge in [-0.2, -0.15) is 10.2 Å². The van der Waals surface area contributed by atoms with Crippen molar-refractivity contribution in [3.63, 3.8) is 0 Å². The zero-order chi connectivity index (χ0) is 14.4. The molecule has 0 atom stereocenters. The third-order valence-electron chi connectivity index (χ3n) is 2.30. The summed E-state index contributed by atoms with van der Waals surface area (Å²) in [5, 5.41) is 22.5. The van der Waals surface area contributed by atoms with Gasteiger partial charge in [0, 0.05) is 11.1 Å². The molecule has 0 spiro atoms. The average Bonchev–Trinajstić information content (AvgIpc) is 2.87. The van der Waals surface area contributed by atoms with Crippen LogP contribution in [0.3, 0.4) is 0 Å². The highest BCUT2D eigenvalue weighted by atomic mass is 16.7. The van der Waals surface area contributed by atoms with E-state index in [-0.39, 0.29) is 0 Å². The number of hydrogen-bond donors (Lipinski definition) is 3. The molecule has 0 bridgehead atoms. The molecule has 2 aromatic rings. The SMILES string of the molecule is NC(=N[N+](=O)[O-])NN=Cc1cn[nH]c1-c1ccccc1. The maximum absolute atomic E-state index is 10.1. The lowest BCUT2D eigenvalue weighted by Crippen LogP contribution is -2.28. The van der Waals surface area contributed by atoms with Crippen LogP contribution in [0.4, 0.5) is 0 Å². The Balaban J connectivity index is 2.12. The number of nitrogens with zero attached hydrogens (tertiary/aromatic N) is 4. The standard InChI is InChI=1S/C11H11N7O2/c12-11(17-18(19)20)16-14-7-9-6-13-15-10(9)8-4-2-1-3-5-8/h1-7H,(H,13,15)(H3,12,16,17). The predicted octanol–water partition coefficient (Wildman–Crippen LogP) is 0.507. The highest BCUT2D eigenvalue weighted by Crippen LogP contribution is 2.18. The van der Waals surface area contributed by atoms with E-state index < -0.39 is 11.0 Å². The van der Waals surface area contributed by atoms with Crippen molar-refractivity contribution in [3.05, 3.63) is 52.2 Å². The van der Waals surface area contributed by atoms with Gasteiger partial charge >= 0.3 is 0 Å². The number of benzene rings is 1. The minimum atomic E-state index is -0.912. The fourth-order valence-electron chi connectivity index (χ4n) is 1.51. The third kappa shape index (κ3) is 3.38. The molecule has 4 N–H and O–H groups in total. The third-order valence-corrected chi connectivity index (χ3v) is 2.30. The van der Waals surface area contributed by atoms with E-state index in [1.54, 1.807) is 6.20 Å². The number of H-pyrrole nitrogens is 1. The largest absolute Gasteiger partial charge is 0.363 e. The Labute approximate surface area is 113 Å². The van der Waals surface area contributed by atoms with Gasteiger partial charge in [0.25, 0.3) is 5.96 Å². The van der Waals surface area contributed by atoms with Crippen LogP contribution in [0.5, 0.6) is 0 Å². The maximum atomic E-state index is 10.1. The molecule has 9 nitrogen and oxygen atoms in total. The summed E-state index contributed by atoms with van der Waals surface area (Å²) in [4.78, 5) is 10.1. The van der Waals surface area contributed by atoms with E-state index >= 15 is 0 Å². The first-order valence-corrected chi connectivity index (χ1v) is 5.53. The molecule has 0 unspecified atom stereocenters. The lowest BCUT2D eigenvalue weighted by molar-refractivity contribution is -0.485. The summed E-state index contributed by atoms with van der Waals surface area (Å²) in [6.07, 6.45) is 3.02. The van der Waals surface area contributed by atoms with Crippen molar-refractivity contribution in [3.8, 4) is 11.3 Å². The number of nitrogens with two attached hydrogens (primary N) is 1. The number of aromatic amines is 1. The zero-order valence-corrected chi connectivity index (χ0v) is 10.2. The van der Waals surface area contributed by atoms with E-state index in [2.05, 4.69) is 25.8 Å². The summed E-state index contributed by atoms with van der Waals surface area (Å²) in [5.74, 6) is -0.406. The van der Waals surface area contributed by atoms with Gasteiger partial charge in [0.15, 0.2) is 5.03 Å². The molecule has 1 heterocycles. The fourth-order valence-corrected chi connectivity index (χ4v) is 1.51. The molecule has 0 saturated carbocycles. The van der Waals surface area contributed by atoms with Crippen molar-refractivity contribution < 1.29 is 5.03 Å². The molecule has 20 heavy (non-hydrogen) atoms. The number of nitro groups is 1. The summed E-state index contributed by atoms with van der Waals surface area (Å²) < 4.78 is 0. The van der Waals surface area contributed by atoms with Crippen molar-refractivity contribution in [2.24, 2.45) is 15.9 Å². The summed E-state index contributed by atoms with van der Waals surface area (Å²) in [6, 6.07) is 9.54. The molecule has 0 aliphatic heterocycles. The number of hydrazone groups is 2. The molecular weight excluding hydrogens is 262 g/mol. The minimum absolute atomic E-state index is 0.406. The second kappa shape index (κ2) is 6.09. The lowest BCUT2D eigenvalue weighted by atomic mass is 10.1. The van der Waals surface area contributed by atoms with Gasteiger partial charge in [-0.3, -0.25) is 5.10 Å². The van der Waals surface area contributed by atoms with Crippen LogP contribution in [-0.2, 0) is 0 Å².